The Labute approximate surface area is 113 Å². The second kappa shape index (κ2) is 5.97. The van der Waals surface area contributed by atoms with Crippen molar-refractivity contribution in [3.05, 3.63) is 53.6 Å². The lowest BCUT2D eigenvalue weighted by atomic mass is 10.1. The minimum Gasteiger partial charge on any atom is -0.304 e. The lowest BCUT2D eigenvalue weighted by molar-refractivity contribution is 0.511. The van der Waals surface area contributed by atoms with Gasteiger partial charge in [-0.3, -0.25) is 4.68 Å². The Balaban J connectivity index is 1.94. The van der Waals surface area contributed by atoms with Gasteiger partial charge < -0.3 is 5.32 Å². The summed E-state index contributed by atoms with van der Waals surface area (Å²) in [6.07, 6.45) is 1.98. The van der Waals surface area contributed by atoms with Crippen molar-refractivity contribution in [1.29, 1.82) is 0 Å². The average Bonchev–Trinajstić information content (AvgIpc) is 2.85. The first kappa shape index (κ1) is 13.7. The molecule has 2 rings (SSSR count). The third kappa shape index (κ3) is 3.64. The molecule has 1 heterocycles. The summed E-state index contributed by atoms with van der Waals surface area (Å²) < 4.78 is 15.1. The Morgan fingerprint density at radius 2 is 2.05 bits per heavy atom. The topological polar surface area (TPSA) is 29.9 Å². The highest BCUT2D eigenvalue weighted by Gasteiger charge is 2.07. The monoisotopic (exact) mass is 261 g/mol. The van der Waals surface area contributed by atoms with Crippen molar-refractivity contribution < 1.29 is 4.39 Å². The molecule has 0 saturated carbocycles. The molecular weight excluding hydrogens is 241 g/mol. The number of nitrogens with zero attached hydrogens (tertiary/aromatic N) is 2. The molecule has 1 aromatic carbocycles. The van der Waals surface area contributed by atoms with E-state index in [1.165, 1.54) is 6.07 Å². The first-order chi connectivity index (χ1) is 9.06. The van der Waals surface area contributed by atoms with Crippen LogP contribution in [-0.4, -0.2) is 9.78 Å². The first-order valence-corrected chi connectivity index (χ1v) is 6.59. The highest BCUT2D eigenvalue weighted by atomic mass is 19.1. The summed E-state index contributed by atoms with van der Waals surface area (Å²) >= 11 is 0. The van der Waals surface area contributed by atoms with Crippen molar-refractivity contribution >= 4 is 0 Å². The van der Waals surface area contributed by atoms with E-state index in [-0.39, 0.29) is 11.9 Å². The maximum Gasteiger partial charge on any atom is 0.123 e. The highest BCUT2D eigenvalue weighted by molar-refractivity contribution is 5.19. The predicted molar refractivity (Wildman–Crippen MR) is 74.3 cm³/mol. The fourth-order valence-corrected chi connectivity index (χ4v) is 1.91. The van der Waals surface area contributed by atoms with Gasteiger partial charge in [0.2, 0.25) is 0 Å². The van der Waals surface area contributed by atoms with Gasteiger partial charge in [0.25, 0.3) is 0 Å². The maximum atomic E-state index is 13.1. The molecule has 0 amide bonds. The minimum atomic E-state index is -0.199. The molecule has 0 aliphatic rings. The van der Waals surface area contributed by atoms with Crippen LogP contribution in [0.4, 0.5) is 4.39 Å². The molecule has 3 nitrogen and oxygen atoms in total. The van der Waals surface area contributed by atoms with Crippen molar-refractivity contribution in [3.8, 4) is 0 Å². The Hall–Kier alpha value is -1.68. The van der Waals surface area contributed by atoms with E-state index in [0.717, 1.165) is 11.3 Å². The zero-order chi connectivity index (χ0) is 13.8. The van der Waals surface area contributed by atoms with Crippen LogP contribution in [0.3, 0.4) is 0 Å². The van der Waals surface area contributed by atoms with Crippen LogP contribution in [0.15, 0.2) is 36.5 Å². The lowest BCUT2D eigenvalue weighted by Crippen LogP contribution is -2.18. The first-order valence-electron chi connectivity index (χ1n) is 6.59. The van der Waals surface area contributed by atoms with Crippen molar-refractivity contribution in [2.24, 2.45) is 0 Å². The number of nitrogens with one attached hydrogen (secondary N) is 1. The maximum absolute atomic E-state index is 13.1. The van der Waals surface area contributed by atoms with Crippen molar-refractivity contribution in [2.75, 3.05) is 0 Å². The molecule has 0 radical (unpaired) electrons. The Kier molecular flexibility index (Phi) is 4.32. The van der Waals surface area contributed by atoms with Crippen molar-refractivity contribution in [1.82, 2.24) is 15.1 Å². The summed E-state index contributed by atoms with van der Waals surface area (Å²) in [5, 5.41) is 7.83. The molecule has 0 saturated heterocycles. The molecule has 4 heteroatoms. The zero-order valence-corrected chi connectivity index (χ0v) is 11.6. The number of benzene rings is 1. The largest absolute Gasteiger partial charge is 0.304 e. The van der Waals surface area contributed by atoms with Gasteiger partial charge in [0.05, 0.1) is 5.69 Å². The molecule has 2 aromatic rings. The van der Waals surface area contributed by atoms with E-state index in [1.807, 2.05) is 29.9 Å². The van der Waals surface area contributed by atoms with Gasteiger partial charge >= 0.3 is 0 Å². The van der Waals surface area contributed by atoms with Crippen molar-refractivity contribution in [2.45, 2.75) is 39.4 Å². The van der Waals surface area contributed by atoms with E-state index in [0.29, 0.717) is 12.6 Å². The van der Waals surface area contributed by atoms with Crippen LogP contribution < -0.4 is 5.32 Å². The molecule has 102 valence electrons. The number of aromatic nitrogens is 2. The summed E-state index contributed by atoms with van der Waals surface area (Å²) in [6.45, 7) is 6.89. The minimum absolute atomic E-state index is 0.0971. The second-order valence-electron chi connectivity index (χ2n) is 5.04. The van der Waals surface area contributed by atoms with Gasteiger partial charge in [-0.25, -0.2) is 4.39 Å². The average molecular weight is 261 g/mol. The van der Waals surface area contributed by atoms with E-state index < -0.39 is 0 Å². The van der Waals surface area contributed by atoms with Crippen LogP contribution in [0.5, 0.6) is 0 Å². The Morgan fingerprint density at radius 3 is 2.68 bits per heavy atom. The molecule has 0 aliphatic heterocycles. The van der Waals surface area contributed by atoms with E-state index in [9.17, 15) is 4.39 Å². The smallest absolute Gasteiger partial charge is 0.123 e. The fourth-order valence-electron chi connectivity index (χ4n) is 1.91. The summed E-state index contributed by atoms with van der Waals surface area (Å²) in [7, 11) is 0. The standard InChI is InChI=1S/C15H20FN3/c1-11(2)19-8-7-15(18-19)10-17-12(3)13-5-4-6-14(16)9-13/h4-9,11-12,17H,10H2,1-3H3/t12-/m0/s1. The quantitative estimate of drug-likeness (QED) is 0.893. The van der Waals surface area contributed by atoms with Crippen LogP contribution in [0, 0.1) is 5.82 Å². The van der Waals surface area contributed by atoms with Gasteiger partial charge in [0.15, 0.2) is 0 Å². The summed E-state index contributed by atoms with van der Waals surface area (Å²) in [5.41, 5.74) is 1.94. The molecule has 0 bridgehead atoms. The van der Waals surface area contributed by atoms with Crippen LogP contribution in [0.1, 0.15) is 44.1 Å². The number of hydrogen-bond acceptors (Lipinski definition) is 2. The Morgan fingerprint density at radius 1 is 1.26 bits per heavy atom. The van der Waals surface area contributed by atoms with Crippen LogP contribution in [0.2, 0.25) is 0 Å². The molecule has 0 fully saturated rings. The summed E-state index contributed by atoms with van der Waals surface area (Å²) in [6, 6.07) is 9.15. The Bertz CT molecular complexity index is 534. The molecule has 1 atom stereocenters. The van der Waals surface area contributed by atoms with Gasteiger partial charge in [-0.15, -0.1) is 0 Å². The van der Waals surface area contributed by atoms with Gasteiger partial charge in [-0.05, 0) is 44.5 Å². The SMILES string of the molecule is CC(C)n1ccc(CN[C@@H](C)c2cccc(F)c2)n1. The zero-order valence-electron chi connectivity index (χ0n) is 11.6. The molecule has 0 unspecified atom stereocenters. The van der Waals surface area contributed by atoms with Crippen LogP contribution in [0.25, 0.3) is 0 Å². The third-order valence-electron chi connectivity index (χ3n) is 3.13. The molecule has 1 N–H and O–H groups in total. The fraction of sp³-hybridized carbons (Fsp3) is 0.400. The van der Waals surface area contributed by atoms with Gasteiger partial charge in [0, 0.05) is 24.8 Å². The molecular formula is C15H20FN3. The summed E-state index contributed by atoms with van der Waals surface area (Å²) in [4.78, 5) is 0. The van der Waals surface area contributed by atoms with Gasteiger partial charge in [-0.2, -0.15) is 5.10 Å². The number of hydrogen-bond donors (Lipinski definition) is 1. The van der Waals surface area contributed by atoms with E-state index in [1.54, 1.807) is 12.1 Å². The highest BCUT2D eigenvalue weighted by Crippen LogP contribution is 2.14. The second-order valence-corrected chi connectivity index (χ2v) is 5.04. The number of halogens is 1. The van der Waals surface area contributed by atoms with Crippen LogP contribution in [-0.2, 0) is 6.54 Å². The van der Waals surface area contributed by atoms with E-state index >= 15 is 0 Å². The van der Waals surface area contributed by atoms with Gasteiger partial charge in [-0.1, -0.05) is 12.1 Å². The predicted octanol–water partition coefficient (Wildman–Crippen LogP) is 3.45. The third-order valence-corrected chi connectivity index (χ3v) is 3.13. The number of rotatable bonds is 5. The lowest BCUT2D eigenvalue weighted by Gasteiger charge is -2.13. The normalized spacial score (nSPS) is 12.9. The van der Waals surface area contributed by atoms with Gasteiger partial charge in [0.1, 0.15) is 5.82 Å². The molecule has 19 heavy (non-hydrogen) atoms. The van der Waals surface area contributed by atoms with E-state index in [2.05, 4.69) is 24.3 Å². The summed E-state index contributed by atoms with van der Waals surface area (Å²) in [5.74, 6) is -0.199. The van der Waals surface area contributed by atoms with Crippen LogP contribution >= 0.6 is 0 Å². The van der Waals surface area contributed by atoms with Crippen molar-refractivity contribution in [3.63, 3.8) is 0 Å². The molecule has 1 aromatic heterocycles. The molecule has 0 spiro atoms. The van der Waals surface area contributed by atoms with E-state index in [4.69, 9.17) is 0 Å². The molecule has 0 aliphatic carbocycles.